The number of hydrogen-bond acceptors (Lipinski definition) is 4. The summed E-state index contributed by atoms with van der Waals surface area (Å²) in [6.07, 6.45) is 6.89. The van der Waals surface area contributed by atoms with Crippen LogP contribution in [0.4, 0.5) is 0 Å². The first-order valence-electron chi connectivity index (χ1n) is 7.44. The van der Waals surface area contributed by atoms with Crippen molar-refractivity contribution >= 4 is 9.84 Å². The zero-order valence-electron chi connectivity index (χ0n) is 12.4. The smallest absolute Gasteiger partial charge is 0.150 e. The molecule has 4 nitrogen and oxygen atoms in total. The van der Waals surface area contributed by atoms with Gasteiger partial charge in [-0.3, -0.25) is 0 Å². The van der Waals surface area contributed by atoms with Crippen LogP contribution in [-0.4, -0.2) is 46.7 Å². The lowest BCUT2D eigenvalue weighted by Crippen LogP contribution is -2.38. The second kappa shape index (κ2) is 8.22. The van der Waals surface area contributed by atoms with Crippen LogP contribution >= 0.6 is 0 Å². The zero-order valence-corrected chi connectivity index (χ0v) is 13.2. The predicted molar refractivity (Wildman–Crippen MR) is 79.2 cm³/mol. The minimum Gasteiger partial charge on any atom is -0.383 e. The largest absolute Gasteiger partial charge is 0.383 e. The molecule has 0 amide bonds. The lowest BCUT2D eigenvalue weighted by atomic mass is 9.72. The maximum atomic E-state index is 11.7. The average Bonchev–Trinajstić information content (AvgIpc) is 2.43. The molecule has 0 saturated heterocycles. The Labute approximate surface area is 118 Å². The molecule has 5 heteroatoms. The summed E-state index contributed by atoms with van der Waals surface area (Å²) >= 11 is 0. The number of rotatable bonds is 9. The summed E-state index contributed by atoms with van der Waals surface area (Å²) < 4.78 is 28.5. The summed E-state index contributed by atoms with van der Waals surface area (Å²) in [5.41, 5.74) is 0.189. The molecule has 1 saturated carbocycles. The van der Waals surface area contributed by atoms with Gasteiger partial charge in [0.1, 0.15) is 9.84 Å². The molecule has 1 aliphatic carbocycles. The van der Waals surface area contributed by atoms with Crippen molar-refractivity contribution in [3.05, 3.63) is 0 Å². The first-order chi connectivity index (χ1) is 9.04. The third-order valence-corrected chi connectivity index (χ3v) is 5.99. The third kappa shape index (κ3) is 6.23. The molecule has 1 rings (SSSR count). The van der Waals surface area contributed by atoms with E-state index in [1.807, 2.05) is 0 Å². The lowest BCUT2D eigenvalue weighted by Gasteiger charge is -2.37. The Morgan fingerprint density at radius 1 is 1.21 bits per heavy atom. The highest BCUT2D eigenvalue weighted by atomic mass is 32.2. The van der Waals surface area contributed by atoms with E-state index in [1.165, 1.54) is 19.3 Å². The van der Waals surface area contributed by atoms with Gasteiger partial charge in [-0.2, -0.15) is 0 Å². The van der Waals surface area contributed by atoms with Crippen molar-refractivity contribution in [1.29, 1.82) is 0 Å². The summed E-state index contributed by atoms with van der Waals surface area (Å²) in [6.45, 7) is 4.22. The maximum Gasteiger partial charge on any atom is 0.150 e. The Bertz CT molecular complexity index is 335. The number of methoxy groups -OCH3 is 1. The first kappa shape index (κ1) is 16.9. The minimum atomic E-state index is -2.84. The van der Waals surface area contributed by atoms with Gasteiger partial charge >= 0.3 is 0 Å². The molecule has 19 heavy (non-hydrogen) atoms. The second-order valence-corrected chi connectivity index (χ2v) is 8.19. The topological polar surface area (TPSA) is 55.4 Å². The molecule has 1 aliphatic rings. The molecule has 0 spiro atoms. The summed E-state index contributed by atoms with van der Waals surface area (Å²) in [4.78, 5) is 0. The highest BCUT2D eigenvalue weighted by Gasteiger charge is 2.32. The quantitative estimate of drug-likeness (QED) is 0.660. The molecular formula is C14H29NO3S. The summed E-state index contributed by atoms with van der Waals surface area (Å²) in [5, 5.41) is 3.43. The molecule has 0 atom stereocenters. The SMILES string of the molecule is CCS(=O)(=O)CCC1(CNCCOC)CCCCC1. The summed E-state index contributed by atoms with van der Waals surface area (Å²) in [7, 11) is -1.14. The minimum absolute atomic E-state index is 0.189. The van der Waals surface area contributed by atoms with E-state index in [0.29, 0.717) is 12.4 Å². The van der Waals surface area contributed by atoms with Crippen LogP contribution in [0.1, 0.15) is 45.4 Å². The second-order valence-electron chi connectivity index (χ2n) is 5.72. The molecule has 1 fully saturated rings. The van der Waals surface area contributed by atoms with Gasteiger partial charge in [0.25, 0.3) is 0 Å². The van der Waals surface area contributed by atoms with Crippen LogP contribution in [0.5, 0.6) is 0 Å². The van der Waals surface area contributed by atoms with Crippen LogP contribution in [0.2, 0.25) is 0 Å². The third-order valence-electron chi connectivity index (χ3n) is 4.28. The average molecular weight is 291 g/mol. The van der Waals surface area contributed by atoms with E-state index < -0.39 is 9.84 Å². The van der Waals surface area contributed by atoms with E-state index >= 15 is 0 Å². The highest BCUT2D eigenvalue weighted by molar-refractivity contribution is 7.91. The van der Waals surface area contributed by atoms with Crippen LogP contribution in [0.3, 0.4) is 0 Å². The van der Waals surface area contributed by atoms with Crippen LogP contribution in [0.15, 0.2) is 0 Å². The predicted octanol–water partition coefficient (Wildman–Crippen LogP) is 2.00. The molecule has 1 N–H and O–H groups in total. The van der Waals surface area contributed by atoms with Crippen molar-refractivity contribution in [2.24, 2.45) is 5.41 Å². The van der Waals surface area contributed by atoms with Crippen molar-refractivity contribution in [2.45, 2.75) is 45.4 Å². The summed E-state index contributed by atoms with van der Waals surface area (Å²) in [6, 6.07) is 0. The molecule has 0 aromatic rings. The molecule has 0 aromatic carbocycles. The Hall–Kier alpha value is -0.130. The molecule has 0 aromatic heterocycles. The van der Waals surface area contributed by atoms with Gasteiger partial charge < -0.3 is 10.1 Å². The normalized spacial score (nSPS) is 19.5. The van der Waals surface area contributed by atoms with Crippen molar-refractivity contribution in [3.63, 3.8) is 0 Å². The fourth-order valence-corrected chi connectivity index (χ4v) is 3.89. The van der Waals surface area contributed by atoms with Crippen LogP contribution in [0, 0.1) is 5.41 Å². The number of hydrogen-bond donors (Lipinski definition) is 1. The summed E-state index contributed by atoms with van der Waals surface area (Å²) in [5.74, 6) is 0.607. The molecule has 0 unspecified atom stereocenters. The Balaban J connectivity index is 2.49. The van der Waals surface area contributed by atoms with E-state index in [9.17, 15) is 8.42 Å². The number of nitrogens with one attached hydrogen (secondary N) is 1. The van der Waals surface area contributed by atoms with Crippen molar-refractivity contribution in [1.82, 2.24) is 5.32 Å². The Morgan fingerprint density at radius 2 is 1.89 bits per heavy atom. The molecular weight excluding hydrogens is 262 g/mol. The van der Waals surface area contributed by atoms with E-state index in [-0.39, 0.29) is 11.2 Å². The fraction of sp³-hybridized carbons (Fsp3) is 1.00. The molecule has 0 heterocycles. The van der Waals surface area contributed by atoms with Gasteiger partial charge in [0.2, 0.25) is 0 Å². The van der Waals surface area contributed by atoms with Crippen LogP contribution in [-0.2, 0) is 14.6 Å². The van der Waals surface area contributed by atoms with Crippen LogP contribution < -0.4 is 5.32 Å². The molecule has 0 aliphatic heterocycles. The van der Waals surface area contributed by atoms with Crippen LogP contribution in [0.25, 0.3) is 0 Å². The van der Waals surface area contributed by atoms with Gasteiger partial charge in [-0.15, -0.1) is 0 Å². The van der Waals surface area contributed by atoms with Gasteiger partial charge in [-0.1, -0.05) is 26.2 Å². The number of sulfone groups is 1. The highest BCUT2D eigenvalue weighted by Crippen LogP contribution is 2.39. The van der Waals surface area contributed by atoms with Crippen molar-refractivity contribution in [2.75, 3.05) is 38.3 Å². The molecule has 0 bridgehead atoms. The van der Waals surface area contributed by atoms with Crippen molar-refractivity contribution < 1.29 is 13.2 Å². The van der Waals surface area contributed by atoms with Gasteiger partial charge in [0.15, 0.2) is 0 Å². The Morgan fingerprint density at radius 3 is 2.47 bits per heavy atom. The van der Waals surface area contributed by atoms with Gasteiger partial charge in [-0.25, -0.2) is 8.42 Å². The van der Waals surface area contributed by atoms with E-state index in [0.717, 1.165) is 32.4 Å². The van der Waals surface area contributed by atoms with E-state index in [2.05, 4.69) is 5.32 Å². The van der Waals surface area contributed by atoms with Crippen molar-refractivity contribution in [3.8, 4) is 0 Å². The van der Waals surface area contributed by atoms with E-state index in [4.69, 9.17) is 4.74 Å². The van der Waals surface area contributed by atoms with Gasteiger partial charge in [-0.05, 0) is 24.7 Å². The van der Waals surface area contributed by atoms with Gasteiger partial charge in [0, 0.05) is 26.0 Å². The molecule has 114 valence electrons. The fourth-order valence-electron chi connectivity index (χ4n) is 2.86. The molecule has 0 radical (unpaired) electrons. The monoisotopic (exact) mass is 291 g/mol. The maximum absolute atomic E-state index is 11.7. The van der Waals surface area contributed by atoms with E-state index in [1.54, 1.807) is 14.0 Å². The zero-order chi connectivity index (χ0) is 14.2. The lowest BCUT2D eigenvalue weighted by molar-refractivity contribution is 0.159. The number of ether oxygens (including phenoxy) is 1. The Kier molecular flexibility index (Phi) is 7.32. The first-order valence-corrected chi connectivity index (χ1v) is 9.26. The standard InChI is InChI=1S/C14H29NO3S/c1-3-19(16,17)12-9-14(7-5-4-6-8-14)13-15-10-11-18-2/h15H,3-13H2,1-2H3. The van der Waals surface area contributed by atoms with Gasteiger partial charge in [0.05, 0.1) is 12.4 Å².